The van der Waals surface area contributed by atoms with E-state index in [-0.39, 0.29) is 12.4 Å². The molecule has 32 heavy (non-hydrogen) atoms. The minimum absolute atomic E-state index is 0.179. The van der Waals surface area contributed by atoms with E-state index >= 15 is 0 Å². The van der Waals surface area contributed by atoms with Crippen LogP contribution in [0.2, 0.25) is 0 Å². The largest absolute Gasteiger partial charge is 0.488 e. The van der Waals surface area contributed by atoms with Gasteiger partial charge in [0.25, 0.3) is 0 Å². The summed E-state index contributed by atoms with van der Waals surface area (Å²) in [5.74, 6) is 0.369. The lowest BCUT2D eigenvalue weighted by Gasteiger charge is -2.09. The lowest BCUT2D eigenvalue weighted by Crippen LogP contribution is -2.16. The zero-order valence-electron chi connectivity index (χ0n) is 16.5. The monoisotopic (exact) mass is 551 g/mol. The Morgan fingerprint density at radius 1 is 1.12 bits per heavy atom. The molecule has 0 aliphatic rings. The minimum Gasteiger partial charge on any atom is -0.488 e. The maximum absolute atomic E-state index is 12.3. The van der Waals surface area contributed by atoms with Crippen molar-refractivity contribution >= 4 is 55.0 Å². The van der Waals surface area contributed by atoms with E-state index in [9.17, 15) is 10.1 Å². The molecule has 3 aromatic carbocycles. The van der Waals surface area contributed by atoms with E-state index in [1.54, 1.807) is 24.3 Å². The van der Waals surface area contributed by atoms with E-state index in [1.807, 2.05) is 42.5 Å². The van der Waals surface area contributed by atoms with Gasteiger partial charge in [0, 0.05) is 15.4 Å². The first kappa shape index (κ1) is 21.8. The average Bonchev–Trinajstić information content (AvgIpc) is 3.22. The van der Waals surface area contributed by atoms with Crippen molar-refractivity contribution in [3.63, 3.8) is 0 Å². The van der Waals surface area contributed by atoms with Crippen molar-refractivity contribution in [2.75, 3.05) is 0 Å². The summed E-state index contributed by atoms with van der Waals surface area (Å²) in [5, 5.41) is 14.0. The molecule has 0 atom stereocenters. The molecular formula is C24H15Br2N3O3. The zero-order chi connectivity index (χ0) is 22.5. The van der Waals surface area contributed by atoms with Gasteiger partial charge in [-0.05, 0) is 70.0 Å². The summed E-state index contributed by atoms with van der Waals surface area (Å²) in [5.41, 5.74) is 5.24. The summed E-state index contributed by atoms with van der Waals surface area (Å²) >= 11 is 6.88. The van der Waals surface area contributed by atoms with Gasteiger partial charge in [-0.25, -0.2) is 5.43 Å². The van der Waals surface area contributed by atoms with Crippen molar-refractivity contribution in [1.82, 2.24) is 5.43 Å². The molecule has 0 aliphatic carbocycles. The number of hydrazone groups is 1. The number of nitriles is 1. The van der Waals surface area contributed by atoms with Gasteiger partial charge in [-0.1, -0.05) is 34.1 Å². The van der Waals surface area contributed by atoms with E-state index < -0.39 is 5.91 Å². The number of benzene rings is 3. The number of ether oxygens (including phenoxy) is 1. The molecule has 1 amide bonds. The van der Waals surface area contributed by atoms with Crippen molar-refractivity contribution in [3.8, 4) is 11.8 Å². The Morgan fingerprint density at radius 2 is 1.97 bits per heavy atom. The summed E-state index contributed by atoms with van der Waals surface area (Å²) in [6, 6.07) is 22.1. The molecule has 4 aromatic rings. The highest BCUT2D eigenvalue weighted by atomic mass is 79.9. The van der Waals surface area contributed by atoms with E-state index in [1.165, 1.54) is 6.21 Å². The molecule has 4 rings (SSSR count). The number of hydrogen-bond donors (Lipinski definition) is 1. The third-order valence-corrected chi connectivity index (χ3v) is 5.67. The fourth-order valence-corrected chi connectivity index (χ4v) is 3.86. The molecule has 0 saturated heterocycles. The minimum atomic E-state index is -0.441. The second-order valence-electron chi connectivity index (χ2n) is 6.74. The zero-order valence-corrected chi connectivity index (χ0v) is 19.7. The van der Waals surface area contributed by atoms with Crippen molar-refractivity contribution in [2.45, 2.75) is 6.61 Å². The fourth-order valence-electron chi connectivity index (χ4n) is 2.97. The highest BCUT2D eigenvalue weighted by Crippen LogP contribution is 2.27. The lowest BCUT2D eigenvalue weighted by molar-refractivity contribution is 0.0929. The molecule has 1 heterocycles. The quantitative estimate of drug-likeness (QED) is 0.229. The molecule has 0 bridgehead atoms. The molecule has 0 saturated carbocycles. The maximum Gasteiger partial charge on any atom is 0.307 e. The van der Waals surface area contributed by atoms with Crippen molar-refractivity contribution < 1.29 is 13.9 Å². The fraction of sp³-hybridized carbons (Fsp3) is 0.0417. The Labute approximate surface area is 200 Å². The van der Waals surface area contributed by atoms with E-state index in [0.29, 0.717) is 16.9 Å². The van der Waals surface area contributed by atoms with E-state index in [4.69, 9.17) is 9.15 Å². The number of carbonyl (C=O) groups excluding carboxylic acids is 1. The Bertz CT molecular complexity index is 1370. The van der Waals surface area contributed by atoms with Gasteiger partial charge in [-0.15, -0.1) is 0 Å². The summed E-state index contributed by atoms with van der Waals surface area (Å²) in [6.45, 7) is 0.278. The standard InChI is InChI=1S/C24H15Br2N3O3/c25-19-6-8-21-18(10-19)11-23(32-21)24(30)29-28-13-15-5-7-22(20(26)9-15)31-14-17-4-2-1-3-16(17)12-27/h1-11,13H,14H2,(H,29,30)/b28-13+. The number of furan rings is 1. The van der Waals surface area contributed by atoms with Gasteiger partial charge < -0.3 is 9.15 Å². The Kier molecular flexibility index (Phi) is 6.69. The van der Waals surface area contributed by atoms with Crippen LogP contribution < -0.4 is 10.2 Å². The highest BCUT2D eigenvalue weighted by molar-refractivity contribution is 9.10. The maximum atomic E-state index is 12.3. The average molecular weight is 553 g/mol. The number of hydrogen-bond acceptors (Lipinski definition) is 5. The number of fused-ring (bicyclic) bond motifs is 1. The Morgan fingerprint density at radius 3 is 2.78 bits per heavy atom. The Balaban J connectivity index is 1.38. The number of nitrogens with zero attached hydrogens (tertiary/aromatic N) is 2. The molecule has 158 valence electrons. The summed E-state index contributed by atoms with van der Waals surface area (Å²) in [7, 11) is 0. The van der Waals surface area contributed by atoms with Gasteiger partial charge in [-0.3, -0.25) is 4.79 Å². The van der Waals surface area contributed by atoms with Gasteiger partial charge in [0.2, 0.25) is 0 Å². The van der Waals surface area contributed by atoms with Crippen LogP contribution in [0.5, 0.6) is 5.75 Å². The van der Waals surface area contributed by atoms with Crippen LogP contribution in [0.15, 0.2) is 85.2 Å². The summed E-state index contributed by atoms with van der Waals surface area (Å²) < 4.78 is 13.0. The third-order valence-electron chi connectivity index (χ3n) is 4.56. The molecule has 0 aliphatic heterocycles. The second kappa shape index (κ2) is 9.81. The first-order valence-corrected chi connectivity index (χ1v) is 11.0. The van der Waals surface area contributed by atoms with Gasteiger partial charge in [0.15, 0.2) is 5.76 Å². The van der Waals surface area contributed by atoms with Crippen molar-refractivity contribution in [3.05, 3.63) is 98.1 Å². The van der Waals surface area contributed by atoms with Crippen LogP contribution in [-0.2, 0) is 6.61 Å². The number of carbonyl (C=O) groups is 1. The normalized spacial score (nSPS) is 10.9. The van der Waals surface area contributed by atoms with Crippen LogP contribution in [0.4, 0.5) is 0 Å². The van der Waals surface area contributed by atoms with E-state index in [0.717, 1.165) is 25.5 Å². The van der Waals surface area contributed by atoms with Gasteiger partial charge >= 0.3 is 5.91 Å². The molecule has 1 N–H and O–H groups in total. The van der Waals surface area contributed by atoms with Crippen LogP contribution in [0.25, 0.3) is 11.0 Å². The van der Waals surface area contributed by atoms with Crippen LogP contribution in [0.1, 0.15) is 27.2 Å². The molecule has 0 spiro atoms. The SMILES string of the molecule is N#Cc1ccccc1COc1ccc(/C=N/NC(=O)c2cc3cc(Br)ccc3o2)cc1Br. The first-order valence-electron chi connectivity index (χ1n) is 9.46. The van der Waals surface area contributed by atoms with E-state index in [2.05, 4.69) is 48.5 Å². The predicted molar refractivity (Wildman–Crippen MR) is 129 cm³/mol. The van der Waals surface area contributed by atoms with Crippen LogP contribution >= 0.6 is 31.9 Å². The van der Waals surface area contributed by atoms with Crippen LogP contribution in [0, 0.1) is 11.3 Å². The molecular weight excluding hydrogens is 538 g/mol. The number of amides is 1. The summed E-state index contributed by atoms with van der Waals surface area (Å²) in [6.07, 6.45) is 1.52. The molecule has 0 unspecified atom stereocenters. The van der Waals surface area contributed by atoms with Crippen LogP contribution in [-0.4, -0.2) is 12.1 Å². The van der Waals surface area contributed by atoms with Crippen molar-refractivity contribution in [1.29, 1.82) is 5.26 Å². The lowest BCUT2D eigenvalue weighted by atomic mass is 10.1. The van der Waals surface area contributed by atoms with Gasteiger partial charge in [-0.2, -0.15) is 10.4 Å². The Hall–Kier alpha value is -3.41. The number of rotatable bonds is 6. The third kappa shape index (κ3) is 5.07. The second-order valence-corrected chi connectivity index (χ2v) is 8.51. The van der Waals surface area contributed by atoms with Gasteiger partial charge in [0.1, 0.15) is 17.9 Å². The molecule has 0 radical (unpaired) electrons. The predicted octanol–water partition coefficient (Wildman–Crippen LogP) is 6.17. The summed E-state index contributed by atoms with van der Waals surface area (Å²) in [4.78, 5) is 12.3. The molecule has 8 heteroatoms. The smallest absolute Gasteiger partial charge is 0.307 e. The molecule has 0 fully saturated rings. The van der Waals surface area contributed by atoms with Crippen LogP contribution in [0.3, 0.4) is 0 Å². The first-order chi connectivity index (χ1) is 15.5. The molecule has 1 aromatic heterocycles. The number of nitrogens with one attached hydrogen (secondary N) is 1. The van der Waals surface area contributed by atoms with Gasteiger partial charge in [0.05, 0.1) is 22.3 Å². The topological polar surface area (TPSA) is 87.6 Å². The highest BCUT2D eigenvalue weighted by Gasteiger charge is 2.12. The molecule has 6 nitrogen and oxygen atoms in total. The van der Waals surface area contributed by atoms with Crippen molar-refractivity contribution in [2.24, 2.45) is 5.10 Å². The number of halogens is 2.